The number of aliphatic hydroxyl groups excluding tert-OH is 1. The van der Waals surface area contributed by atoms with Gasteiger partial charge >= 0.3 is 0 Å². The summed E-state index contributed by atoms with van der Waals surface area (Å²) in [7, 11) is 0. The summed E-state index contributed by atoms with van der Waals surface area (Å²) in [6.45, 7) is 2.23. The fraction of sp³-hybridized carbons (Fsp3) is 0.714. The number of nitrogens with zero attached hydrogens (tertiary/aromatic N) is 1. The van der Waals surface area contributed by atoms with Crippen molar-refractivity contribution in [2.45, 2.75) is 70.1 Å². The van der Waals surface area contributed by atoms with Crippen LogP contribution < -0.4 is 10.2 Å². The van der Waals surface area contributed by atoms with Gasteiger partial charge in [0.05, 0.1) is 11.8 Å². The molecule has 1 saturated heterocycles. The van der Waals surface area contributed by atoms with Gasteiger partial charge in [-0.3, -0.25) is 0 Å². The monoisotopic (exact) mass is 346 g/mol. The lowest BCUT2D eigenvalue weighted by atomic mass is 9.82. The van der Waals surface area contributed by atoms with Crippen LogP contribution in [0, 0.1) is 17.7 Å². The average molecular weight is 346 g/mol. The third kappa shape index (κ3) is 4.35. The largest absolute Gasteiger partial charge is 0.393 e. The molecule has 1 heterocycles. The third-order valence-corrected chi connectivity index (χ3v) is 6.42. The molecule has 3 nitrogen and oxygen atoms in total. The number of anilines is 1. The van der Waals surface area contributed by atoms with Gasteiger partial charge in [0.2, 0.25) is 0 Å². The van der Waals surface area contributed by atoms with Gasteiger partial charge in [-0.2, -0.15) is 0 Å². The maximum Gasteiger partial charge on any atom is 0.146 e. The average Bonchev–Trinajstić information content (AvgIpc) is 3.47. The predicted molar refractivity (Wildman–Crippen MR) is 99.2 cm³/mol. The van der Waals surface area contributed by atoms with E-state index in [-0.39, 0.29) is 11.9 Å². The molecule has 3 aliphatic rings. The first-order chi connectivity index (χ1) is 12.2. The summed E-state index contributed by atoms with van der Waals surface area (Å²) < 4.78 is 14.5. The van der Waals surface area contributed by atoms with Crippen molar-refractivity contribution in [3.05, 3.63) is 29.6 Å². The highest BCUT2D eigenvalue weighted by Crippen LogP contribution is 2.43. The van der Waals surface area contributed by atoms with E-state index in [1.54, 1.807) is 6.07 Å². The molecule has 1 aromatic carbocycles. The van der Waals surface area contributed by atoms with Crippen LogP contribution in [0.5, 0.6) is 0 Å². The zero-order chi connectivity index (χ0) is 17.2. The number of halogens is 1. The van der Waals surface area contributed by atoms with Crippen molar-refractivity contribution < 1.29 is 9.50 Å². The number of piperidine rings is 1. The van der Waals surface area contributed by atoms with Crippen LogP contribution in [-0.4, -0.2) is 30.3 Å². The van der Waals surface area contributed by atoms with Gasteiger partial charge in [-0.15, -0.1) is 0 Å². The molecule has 2 N–H and O–H groups in total. The first-order valence-corrected chi connectivity index (χ1v) is 10.1. The van der Waals surface area contributed by atoms with E-state index in [0.29, 0.717) is 11.7 Å². The molecule has 4 heteroatoms. The van der Waals surface area contributed by atoms with Crippen molar-refractivity contribution in [2.24, 2.45) is 11.8 Å². The van der Waals surface area contributed by atoms with Gasteiger partial charge in [-0.25, -0.2) is 4.39 Å². The van der Waals surface area contributed by atoms with Gasteiger partial charge in [0.1, 0.15) is 5.82 Å². The van der Waals surface area contributed by atoms with E-state index in [1.165, 1.54) is 38.5 Å². The lowest BCUT2D eigenvalue weighted by molar-refractivity contribution is 0.145. The van der Waals surface area contributed by atoms with Crippen LogP contribution in [-0.2, 0) is 6.54 Å². The molecule has 3 fully saturated rings. The molecule has 1 aromatic rings. The number of hydrogen-bond donors (Lipinski definition) is 2. The number of aliphatic hydroxyl groups is 1. The smallest absolute Gasteiger partial charge is 0.146 e. The van der Waals surface area contributed by atoms with Crippen LogP contribution in [0.2, 0.25) is 0 Å². The minimum atomic E-state index is -0.224. The van der Waals surface area contributed by atoms with Crippen molar-refractivity contribution in [1.82, 2.24) is 5.32 Å². The first kappa shape index (κ1) is 17.3. The van der Waals surface area contributed by atoms with Crippen LogP contribution in [0.3, 0.4) is 0 Å². The third-order valence-electron chi connectivity index (χ3n) is 6.42. The predicted octanol–water partition coefficient (Wildman–Crippen LogP) is 3.85. The topological polar surface area (TPSA) is 35.5 Å². The molecule has 2 atom stereocenters. The summed E-state index contributed by atoms with van der Waals surface area (Å²) in [6, 6.07) is 6.26. The highest BCUT2D eigenvalue weighted by atomic mass is 19.1. The van der Waals surface area contributed by atoms with Gasteiger partial charge in [0.15, 0.2) is 0 Å². The van der Waals surface area contributed by atoms with E-state index in [1.807, 2.05) is 6.07 Å². The molecule has 4 rings (SSSR count). The van der Waals surface area contributed by atoms with Gasteiger partial charge in [-0.05, 0) is 68.1 Å². The number of hydrogen-bond acceptors (Lipinski definition) is 3. The summed E-state index contributed by atoms with van der Waals surface area (Å²) in [5.41, 5.74) is 1.72. The fourth-order valence-corrected chi connectivity index (χ4v) is 4.69. The summed E-state index contributed by atoms with van der Waals surface area (Å²) in [5, 5.41) is 13.3. The standard InChI is InChI=1S/C21H31FN2O/c22-20-12-15(4-7-21(20)24-10-8-19(25)9-11-24)14-23-18-3-1-2-17(13-18)16-5-6-16/h4,7,12,16-19,23,25H,1-3,5-6,8-11,13-14H2. The Balaban J connectivity index is 1.31. The molecule has 2 unspecified atom stereocenters. The minimum Gasteiger partial charge on any atom is -0.393 e. The van der Waals surface area contributed by atoms with E-state index >= 15 is 0 Å². The van der Waals surface area contributed by atoms with E-state index in [2.05, 4.69) is 16.3 Å². The summed E-state index contributed by atoms with van der Waals surface area (Å²) in [5.74, 6) is 1.80. The van der Waals surface area contributed by atoms with Crippen molar-refractivity contribution in [3.8, 4) is 0 Å². The van der Waals surface area contributed by atoms with Gasteiger partial charge in [-0.1, -0.05) is 18.9 Å². The Labute approximate surface area is 150 Å². The second-order valence-corrected chi connectivity index (χ2v) is 8.35. The Kier molecular flexibility index (Phi) is 5.28. The van der Waals surface area contributed by atoms with Crippen LogP contribution in [0.25, 0.3) is 0 Å². The Morgan fingerprint density at radius 1 is 1.04 bits per heavy atom. The molecular weight excluding hydrogens is 315 g/mol. The summed E-state index contributed by atoms with van der Waals surface area (Å²) in [4.78, 5) is 2.06. The molecule has 0 spiro atoms. The highest BCUT2D eigenvalue weighted by molar-refractivity contribution is 5.49. The van der Waals surface area contributed by atoms with E-state index in [9.17, 15) is 9.50 Å². The van der Waals surface area contributed by atoms with Crippen LogP contribution >= 0.6 is 0 Å². The molecule has 0 amide bonds. The Morgan fingerprint density at radius 2 is 1.84 bits per heavy atom. The maximum atomic E-state index is 14.5. The van der Waals surface area contributed by atoms with Crippen molar-refractivity contribution in [2.75, 3.05) is 18.0 Å². The second kappa shape index (κ2) is 7.63. The molecule has 138 valence electrons. The molecule has 0 radical (unpaired) electrons. The SMILES string of the molecule is OC1CCN(c2ccc(CNC3CCCC(C4CC4)C3)cc2F)CC1. The number of rotatable bonds is 5. The Bertz CT molecular complexity index is 581. The molecule has 0 aromatic heterocycles. The fourth-order valence-electron chi connectivity index (χ4n) is 4.69. The summed E-state index contributed by atoms with van der Waals surface area (Å²) in [6.07, 6.45) is 9.44. The van der Waals surface area contributed by atoms with E-state index < -0.39 is 0 Å². The zero-order valence-electron chi connectivity index (χ0n) is 15.1. The quantitative estimate of drug-likeness (QED) is 0.850. The van der Waals surface area contributed by atoms with Crippen molar-refractivity contribution in [3.63, 3.8) is 0 Å². The first-order valence-electron chi connectivity index (χ1n) is 10.1. The zero-order valence-corrected chi connectivity index (χ0v) is 15.1. The Hall–Kier alpha value is -1.13. The van der Waals surface area contributed by atoms with Crippen LogP contribution in [0.15, 0.2) is 18.2 Å². The Morgan fingerprint density at radius 3 is 2.56 bits per heavy atom. The van der Waals surface area contributed by atoms with E-state index in [0.717, 1.165) is 49.9 Å². The molecule has 25 heavy (non-hydrogen) atoms. The van der Waals surface area contributed by atoms with Crippen LogP contribution in [0.1, 0.15) is 56.9 Å². The molecular formula is C21H31FN2O. The summed E-state index contributed by atoms with van der Waals surface area (Å²) >= 11 is 0. The molecule has 1 aliphatic heterocycles. The van der Waals surface area contributed by atoms with Gasteiger partial charge in [0.25, 0.3) is 0 Å². The van der Waals surface area contributed by atoms with Crippen LogP contribution in [0.4, 0.5) is 10.1 Å². The number of benzene rings is 1. The minimum absolute atomic E-state index is 0.129. The lowest BCUT2D eigenvalue weighted by Gasteiger charge is -2.32. The highest BCUT2D eigenvalue weighted by Gasteiger charge is 2.34. The van der Waals surface area contributed by atoms with Crippen molar-refractivity contribution >= 4 is 5.69 Å². The normalized spacial score (nSPS) is 28.3. The van der Waals surface area contributed by atoms with Gasteiger partial charge < -0.3 is 15.3 Å². The second-order valence-electron chi connectivity index (χ2n) is 8.35. The molecule has 2 aliphatic carbocycles. The van der Waals surface area contributed by atoms with E-state index in [4.69, 9.17) is 0 Å². The van der Waals surface area contributed by atoms with Gasteiger partial charge in [0, 0.05) is 25.7 Å². The lowest BCUT2D eigenvalue weighted by Crippen LogP contribution is -2.36. The van der Waals surface area contributed by atoms with Crippen molar-refractivity contribution in [1.29, 1.82) is 0 Å². The molecule has 2 saturated carbocycles. The number of nitrogens with one attached hydrogen (secondary N) is 1. The molecule has 0 bridgehead atoms. The maximum absolute atomic E-state index is 14.5.